The Bertz CT molecular complexity index is 1110. The van der Waals surface area contributed by atoms with Crippen LogP contribution in [0.25, 0.3) is 5.57 Å². The van der Waals surface area contributed by atoms with Crippen molar-refractivity contribution in [3.05, 3.63) is 82.4 Å². The lowest BCUT2D eigenvalue weighted by Gasteiger charge is -2.18. The Morgan fingerprint density at radius 1 is 1.03 bits per heavy atom. The Morgan fingerprint density at radius 3 is 2.59 bits per heavy atom. The van der Waals surface area contributed by atoms with E-state index in [2.05, 4.69) is 5.32 Å². The van der Waals surface area contributed by atoms with Gasteiger partial charge in [-0.05, 0) is 48.7 Å². The van der Waals surface area contributed by atoms with Crippen molar-refractivity contribution in [3.8, 4) is 5.75 Å². The smallest absolute Gasteiger partial charge is 0.282 e. The molecule has 1 aromatic heterocycles. The summed E-state index contributed by atoms with van der Waals surface area (Å²) in [6, 6.07) is 16.2. The van der Waals surface area contributed by atoms with Gasteiger partial charge in [0, 0.05) is 10.6 Å². The van der Waals surface area contributed by atoms with E-state index in [0.29, 0.717) is 28.6 Å². The molecule has 5 nitrogen and oxygen atoms in total. The summed E-state index contributed by atoms with van der Waals surface area (Å²) in [5.41, 5.74) is 1.11. The predicted octanol–water partition coefficient (Wildman–Crippen LogP) is 4.68. The summed E-state index contributed by atoms with van der Waals surface area (Å²) in [6.45, 7) is 2.23. The molecular weight excluding hydrogens is 391 g/mol. The van der Waals surface area contributed by atoms with Crippen molar-refractivity contribution in [2.24, 2.45) is 0 Å². The number of carbonyl (C=O) groups is 2. The third kappa shape index (κ3) is 3.52. The number of ether oxygens (including phenoxy) is 1. The number of para-hydroxylation sites is 2. The molecule has 7 heteroatoms. The van der Waals surface area contributed by atoms with Crippen LogP contribution in [-0.2, 0) is 9.59 Å². The lowest BCUT2D eigenvalue weighted by Crippen LogP contribution is -2.32. The van der Waals surface area contributed by atoms with E-state index >= 15 is 0 Å². The van der Waals surface area contributed by atoms with Crippen molar-refractivity contribution in [2.45, 2.75) is 6.92 Å². The molecule has 2 aromatic carbocycles. The zero-order valence-corrected chi connectivity index (χ0v) is 16.3. The molecule has 2 heterocycles. The van der Waals surface area contributed by atoms with Gasteiger partial charge in [0.1, 0.15) is 17.3 Å². The van der Waals surface area contributed by atoms with E-state index in [0.717, 1.165) is 4.90 Å². The largest absolute Gasteiger partial charge is 0.492 e. The summed E-state index contributed by atoms with van der Waals surface area (Å²) in [4.78, 5) is 28.4. The van der Waals surface area contributed by atoms with Gasteiger partial charge in [0.15, 0.2) is 0 Å². The van der Waals surface area contributed by atoms with Crippen LogP contribution in [0.1, 0.15) is 11.8 Å². The van der Waals surface area contributed by atoms with Gasteiger partial charge in [-0.25, -0.2) is 9.29 Å². The fourth-order valence-electron chi connectivity index (χ4n) is 3.14. The highest BCUT2D eigenvalue weighted by Crippen LogP contribution is 2.38. The maximum absolute atomic E-state index is 13.6. The highest BCUT2D eigenvalue weighted by atomic mass is 32.1. The molecule has 1 aliphatic rings. The summed E-state index contributed by atoms with van der Waals surface area (Å²) < 4.78 is 19.2. The van der Waals surface area contributed by atoms with Crippen LogP contribution < -0.4 is 15.0 Å². The molecule has 0 radical (unpaired) electrons. The van der Waals surface area contributed by atoms with E-state index in [1.54, 1.807) is 42.5 Å². The number of nitrogens with one attached hydrogen (secondary N) is 1. The van der Waals surface area contributed by atoms with Gasteiger partial charge in [-0.3, -0.25) is 9.59 Å². The first-order valence-corrected chi connectivity index (χ1v) is 9.89. The molecule has 0 bridgehead atoms. The van der Waals surface area contributed by atoms with Crippen LogP contribution in [0.5, 0.6) is 5.75 Å². The molecule has 0 atom stereocenters. The second kappa shape index (κ2) is 7.89. The predicted molar refractivity (Wildman–Crippen MR) is 111 cm³/mol. The average molecular weight is 408 g/mol. The topological polar surface area (TPSA) is 58.6 Å². The third-order valence-corrected chi connectivity index (χ3v) is 5.24. The first-order valence-electron chi connectivity index (χ1n) is 9.01. The SMILES string of the molecule is CCOc1ccccc1N1C(=O)C(Nc2cccc(F)c2)=C(c2cccs2)C1=O. The molecule has 0 saturated carbocycles. The molecule has 0 unspecified atom stereocenters. The Hall–Kier alpha value is -3.45. The van der Waals surface area contributed by atoms with Crippen molar-refractivity contribution in [1.82, 2.24) is 0 Å². The Balaban J connectivity index is 1.81. The van der Waals surface area contributed by atoms with Crippen molar-refractivity contribution in [2.75, 3.05) is 16.8 Å². The lowest BCUT2D eigenvalue weighted by molar-refractivity contribution is -0.120. The van der Waals surface area contributed by atoms with Gasteiger partial charge in [-0.2, -0.15) is 0 Å². The number of rotatable bonds is 6. The molecule has 0 saturated heterocycles. The van der Waals surface area contributed by atoms with Crippen molar-refractivity contribution >= 4 is 40.1 Å². The van der Waals surface area contributed by atoms with Gasteiger partial charge >= 0.3 is 0 Å². The fourth-order valence-corrected chi connectivity index (χ4v) is 3.91. The van der Waals surface area contributed by atoms with E-state index in [4.69, 9.17) is 4.74 Å². The number of hydrogen-bond donors (Lipinski definition) is 1. The van der Waals surface area contributed by atoms with Gasteiger partial charge in [-0.15, -0.1) is 11.3 Å². The van der Waals surface area contributed by atoms with Gasteiger partial charge in [-0.1, -0.05) is 24.3 Å². The summed E-state index contributed by atoms with van der Waals surface area (Å²) >= 11 is 1.35. The maximum atomic E-state index is 13.6. The molecule has 29 heavy (non-hydrogen) atoms. The zero-order valence-electron chi connectivity index (χ0n) is 15.5. The number of halogens is 1. The molecule has 3 aromatic rings. The molecular formula is C22H17FN2O3S. The second-order valence-corrected chi connectivity index (χ2v) is 7.16. The Kier molecular flexibility index (Phi) is 5.14. The zero-order chi connectivity index (χ0) is 20.4. The van der Waals surface area contributed by atoms with Crippen LogP contribution in [0.3, 0.4) is 0 Å². The standard InChI is InChI=1S/C22H17FN2O3S/c1-2-28-17-10-4-3-9-16(17)25-21(26)19(18-11-6-12-29-18)20(22(25)27)24-15-8-5-7-14(23)13-15/h3-13,24H,2H2,1H3. The van der Waals surface area contributed by atoms with Crippen LogP contribution in [0.4, 0.5) is 15.8 Å². The van der Waals surface area contributed by atoms with Gasteiger partial charge in [0.05, 0.1) is 17.9 Å². The van der Waals surface area contributed by atoms with E-state index < -0.39 is 17.6 Å². The van der Waals surface area contributed by atoms with Crippen LogP contribution in [0.15, 0.2) is 71.7 Å². The molecule has 0 spiro atoms. The maximum Gasteiger partial charge on any atom is 0.282 e. The summed E-state index contributed by atoms with van der Waals surface area (Å²) in [5.74, 6) is -0.976. The summed E-state index contributed by atoms with van der Waals surface area (Å²) in [7, 11) is 0. The minimum Gasteiger partial charge on any atom is -0.492 e. The summed E-state index contributed by atoms with van der Waals surface area (Å²) in [6.07, 6.45) is 0. The molecule has 146 valence electrons. The first kappa shape index (κ1) is 18.9. The van der Waals surface area contributed by atoms with Crippen LogP contribution in [0, 0.1) is 5.82 Å². The van der Waals surface area contributed by atoms with Crippen molar-refractivity contribution < 1.29 is 18.7 Å². The number of thiophene rings is 1. The molecule has 0 aliphatic carbocycles. The number of nitrogens with zero attached hydrogens (tertiary/aromatic N) is 1. The second-order valence-electron chi connectivity index (χ2n) is 6.21. The lowest BCUT2D eigenvalue weighted by atomic mass is 10.2. The van der Waals surface area contributed by atoms with Crippen LogP contribution in [0.2, 0.25) is 0 Å². The van der Waals surface area contributed by atoms with E-state index in [9.17, 15) is 14.0 Å². The van der Waals surface area contributed by atoms with Crippen molar-refractivity contribution in [1.29, 1.82) is 0 Å². The average Bonchev–Trinajstić information content (AvgIpc) is 3.30. The Morgan fingerprint density at radius 2 is 1.86 bits per heavy atom. The number of carbonyl (C=O) groups excluding carboxylic acids is 2. The highest BCUT2D eigenvalue weighted by molar-refractivity contribution is 7.11. The number of imide groups is 1. The van der Waals surface area contributed by atoms with Gasteiger partial charge in [0.2, 0.25) is 0 Å². The monoisotopic (exact) mass is 408 g/mol. The number of benzene rings is 2. The normalized spacial score (nSPS) is 13.9. The third-order valence-electron chi connectivity index (χ3n) is 4.35. The highest BCUT2D eigenvalue weighted by Gasteiger charge is 2.41. The number of hydrogen-bond acceptors (Lipinski definition) is 5. The molecule has 1 N–H and O–H groups in total. The molecule has 2 amide bonds. The molecule has 0 fully saturated rings. The van der Waals surface area contributed by atoms with Gasteiger partial charge < -0.3 is 10.1 Å². The molecule has 4 rings (SSSR count). The minimum absolute atomic E-state index is 0.106. The molecule has 1 aliphatic heterocycles. The van der Waals surface area contributed by atoms with Crippen molar-refractivity contribution in [3.63, 3.8) is 0 Å². The Labute approximate surface area is 171 Å². The summed E-state index contributed by atoms with van der Waals surface area (Å²) in [5, 5.41) is 4.77. The number of amides is 2. The van der Waals surface area contributed by atoms with E-state index in [1.807, 2.05) is 12.3 Å². The van der Waals surface area contributed by atoms with E-state index in [-0.39, 0.29) is 11.3 Å². The van der Waals surface area contributed by atoms with E-state index in [1.165, 1.54) is 29.5 Å². The first-order chi connectivity index (χ1) is 14.1. The number of anilines is 2. The van der Waals surface area contributed by atoms with Crippen LogP contribution in [-0.4, -0.2) is 18.4 Å². The minimum atomic E-state index is -0.519. The fraction of sp³-hybridized carbons (Fsp3) is 0.0909. The van der Waals surface area contributed by atoms with Gasteiger partial charge in [0.25, 0.3) is 11.8 Å². The quantitative estimate of drug-likeness (QED) is 0.602. The van der Waals surface area contributed by atoms with Crippen LogP contribution >= 0.6 is 11.3 Å².